The predicted octanol–water partition coefficient (Wildman–Crippen LogP) is 4.11. The van der Waals surface area contributed by atoms with Gasteiger partial charge in [-0.3, -0.25) is 5.43 Å². The average molecular weight is 241 g/mol. The zero-order valence-corrected chi connectivity index (χ0v) is 10.4. The van der Waals surface area contributed by atoms with E-state index in [1.165, 1.54) is 0 Å². The Hall–Kier alpha value is -2.36. The van der Waals surface area contributed by atoms with Crippen LogP contribution in [0.4, 0.5) is 11.4 Å². The SMILES string of the molecule is COc1ccc(C)cc1N=NNc1ccccc1. The molecule has 92 valence electrons. The van der Waals surface area contributed by atoms with Gasteiger partial charge in [-0.1, -0.05) is 29.5 Å². The smallest absolute Gasteiger partial charge is 0.146 e. The number of aryl methyl sites for hydroxylation is 1. The molecule has 0 aliphatic rings. The maximum atomic E-state index is 5.22. The number of rotatable bonds is 4. The van der Waals surface area contributed by atoms with Gasteiger partial charge in [0.25, 0.3) is 0 Å². The Bertz CT molecular complexity index is 538. The van der Waals surface area contributed by atoms with Gasteiger partial charge in [0, 0.05) is 0 Å². The van der Waals surface area contributed by atoms with Crippen LogP contribution >= 0.6 is 0 Å². The molecular formula is C14H15N3O. The lowest BCUT2D eigenvalue weighted by atomic mass is 10.2. The summed E-state index contributed by atoms with van der Waals surface area (Å²) in [5, 5.41) is 8.08. The van der Waals surface area contributed by atoms with Gasteiger partial charge in [0.05, 0.1) is 12.8 Å². The van der Waals surface area contributed by atoms with Gasteiger partial charge in [-0.15, -0.1) is 5.11 Å². The van der Waals surface area contributed by atoms with Crippen molar-refractivity contribution in [1.82, 2.24) is 0 Å². The maximum absolute atomic E-state index is 5.22. The van der Waals surface area contributed by atoms with Gasteiger partial charge >= 0.3 is 0 Å². The molecule has 0 aliphatic carbocycles. The highest BCUT2D eigenvalue weighted by molar-refractivity contribution is 5.53. The number of benzene rings is 2. The first-order chi connectivity index (χ1) is 8.79. The van der Waals surface area contributed by atoms with Crippen molar-refractivity contribution in [3.05, 3.63) is 54.1 Å². The molecule has 4 nitrogen and oxygen atoms in total. The second-order valence-electron chi connectivity index (χ2n) is 3.85. The van der Waals surface area contributed by atoms with Crippen LogP contribution in [-0.2, 0) is 0 Å². The van der Waals surface area contributed by atoms with E-state index < -0.39 is 0 Å². The van der Waals surface area contributed by atoms with Crippen LogP contribution in [-0.4, -0.2) is 7.11 Å². The number of ether oxygens (including phenoxy) is 1. The van der Waals surface area contributed by atoms with E-state index in [1.807, 2.05) is 55.5 Å². The lowest BCUT2D eigenvalue weighted by molar-refractivity contribution is 0.415. The highest BCUT2D eigenvalue weighted by Crippen LogP contribution is 2.28. The molecule has 0 aromatic heterocycles. The highest BCUT2D eigenvalue weighted by Gasteiger charge is 2.01. The second-order valence-corrected chi connectivity index (χ2v) is 3.85. The fourth-order valence-corrected chi connectivity index (χ4v) is 1.53. The van der Waals surface area contributed by atoms with Crippen molar-refractivity contribution >= 4 is 11.4 Å². The fraction of sp³-hybridized carbons (Fsp3) is 0.143. The van der Waals surface area contributed by atoms with Crippen molar-refractivity contribution in [2.75, 3.05) is 12.5 Å². The van der Waals surface area contributed by atoms with E-state index in [9.17, 15) is 0 Å². The maximum Gasteiger partial charge on any atom is 0.146 e. The molecule has 4 heteroatoms. The Morgan fingerprint density at radius 3 is 2.56 bits per heavy atom. The summed E-state index contributed by atoms with van der Waals surface area (Å²) in [6.07, 6.45) is 0. The first kappa shape index (κ1) is 12.1. The molecular weight excluding hydrogens is 226 g/mol. The predicted molar refractivity (Wildman–Crippen MR) is 72.3 cm³/mol. The molecule has 18 heavy (non-hydrogen) atoms. The molecule has 2 rings (SSSR count). The van der Waals surface area contributed by atoms with Gasteiger partial charge in [0.1, 0.15) is 11.4 Å². The molecule has 1 N–H and O–H groups in total. The molecule has 0 aliphatic heterocycles. The van der Waals surface area contributed by atoms with Crippen LogP contribution < -0.4 is 10.2 Å². The van der Waals surface area contributed by atoms with Crippen molar-refractivity contribution in [3.8, 4) is 5.75 Å². The summed E-state index contributed by atoms with van der Waals surface area (Å²) in [4.78, 5) is 0. The van der Waals surface area contributed by atoms with E-state index in [0.29, 0.717) is 11.4 Å². The van der Waals surface area contributed by atoms with Crippen LogP contribution in [0.15, 0.2) is 58.9 Å². The van der Waals surface area contributed by atoms with Gasteiger partial charge in [-0.25, -0.2) is 0 Å². The van der Waals surface area contributed by atoms with E-state index in [4.69, 9.17) is 4.74 Å². The van der Waals surface area contributed by atoms with Gasteiger partial charge in [-0.2, -0.15) is 0 Å². The number of anilines is 1. The zero-order chi connectivity index (χ0) is 12.8. The van der Waals surface area contributed by atoms with Crippen molar-refractivity contribution in [2.24, 2.45) is 10.3 Å². The number of nitrogens with one attached hydrogen (secondary N) is 1. The lowest BCUT2D eigenvalue weighted by Crippen LogP contribution is -1.87. The summed E-state index contributed by atoms with van der Waals surface area (Å²) < 4.78 is 5.22. The summed E-state index contributed by atoms with van der Waals surface area (Å²) in [7, 11) is 1.62. The van der Waals surface area contributed by atoms with Crippen LogP contribution in [0, 0.1) is 6.92 Å². The van der Waals surface area contributed by atoms with Crippen molar-refractivity contribution in [3.63, 3.8) is 0 Å². The van der Waals surface area contributed by atoms with E-state index in [1.54, 1.807) is 7.11 Å². The summed E-state index contributed by atoms with van der Waals surface area (Å²) in [5.41, 5.74) is 5.59. The van der Waals surface area contributed by atoms with Crippen molar-refractivity contribution in [2.45, 2.75) is 6.92 Å². The quantitative estimate of drug-likeness (QED) is 0.646. The Morgan fingerprint density at radius 2 is 1.83 bits per heavy atom. The molecule has 0 saturated carbocycles. The van der Waals surface area contributed by atoms with E-state index in [-0.39, 0.29) is 0 Å². The minimum atomic E-state index is 0.708. The monoisotopic (exact) mass is 241 g/mol. The standard InChI is InChI=1S/C14H15N3O/c1-11-8-9-14(18-2)13(10-11)16-17-15-12-6-4-3-5-7-12/h3-10H,1-2H3,(H,15,16). The molecule has 0 amide bonds. The molecule has 0 heterocycles. The fourth-order valence-electron chi connectivity index (χ4n) is 1.53. The third-order valence-electron chi connectivity index (χ3n) is 2.44. The number of nitrogens with zero attached hydrogens (tertiary/aromatic N) is 2. The van der Waals surface area contributed by atoms with Crippen LogP contribution in [0.3, 0.4) is 0 Å². The van der Waals surface area contributed by atoms with Crippen LogP contribution in [0.5, 0.6) is 5.75 Å². The molecule has 0 unspecified atom stereocenters. The molecule has 2 aromatic rings. The Kier molecular flexibility index (Phi) is 3.91. The van der Waals surface area contributed by atoms with Crippen LogP contribution in [0.25, 0.3) is 0 Å². The second kappa shape index (κ2) is 5.82. The van der Waals surface area contributed by atoms with Gasteiger partial charge < -0.3 is 4.74 Å². The van der Waals surface area contributed by atoms with Crippen molar-refractivity contribution in [1.29, 1.82) is 0 Å². The van der Waals surface area contributed by atoms with Gasteiger partial charge in [-0.05, 0) is 36.8 Å². The lowest BCUT2D eigenvalue weighted by Gasteiger charge is -2.04. The zero-order valence-electron chi connectivity index (χ0n) is 10.4. The van der Waals surface area contributed by atoms with E-state index >= 15 is 0 Å². The third-order valence-corrected chi connectivity index (χ3v) is 2.44. The van der Waals surface area contributed by atoms with E-state index in [0.717, 1.165) is 11.3 Å². The summed E-state index contributed by atoms with van der Waals surface area (Å²) in [6, 6.07) is 15.4. The van der Waals surface area contributed by atoms with E-state index in [2.05, 4.69) is 15.8 Å². The van der Waals surface area contributed by atoms with Gasteiger partial charge in [0.2, 0.25) is 0 Å². The third kappa shape index (κ3) is 3.07. The molecule has 0 spiro atoms. The topological polar surface area (TPSA) is 46.0 Å². The largest absolute Gasteiger partial charge is 0.494 e. The minimum Gasteiger partial charge on any atom is -0.494 e. The Morgan fingerprint density at radius 1 is 1.06 bits per heavy atom. The highest BCUT2D eigenvalue weighted by atomic mass is 16.5. The molecule has 0 bridgehead atoms. The average Bonchev–Trinajstić information content (AvgIpc) is 2.40. The Labute approximate surface area is 106 Å². The first-order valence-corrected chi connectivity index (χ1v) is 5.66. The van der Waals surface area contributed by atoms with Crippen LogP contribution in [0.2, 0.25) is 0 Å². The number of para-hydroxylation sites is 1. The number of methoxy groups -OCH3 is 1. The molecule has 0 atom stereocenters. The summed E-state index contributed by atoms with van der Waals surface area (Å²) >= 11 is 0. The molecule has 0 fully saturated rings. The molecule has 2 aromatic carbocycles. The first-order valence-electron chi connectivity index (χ1n) is 5.66. The number of hydrogen-bond donors (Lipinski definition) is 1. The normalized spacial score (nSPS) is 10.6. The minimum absolute atomic E-state index is 0.708. The summed E-state index contributed by atoms with van der Waals surface area (Å²) in [6.45, 7) is 2.00. The molecule has 0 saturated heterocycles. The summed E-state index contributed by atoms with van der Waals surface area (Å²) in [5.74, 6) is 0.708. The number of hydrogen-bond acceptors (Lipinski definition) is 3. The Balaban J connectivity index is 2.11. The van der Waals surface area contributed by atoms with Gasteiger partial charge in [0.15, 0.2) is 0 Å². The van der Waals surface area contributed by atoms with Crippen LogP contribution in [0.1, 0.15) is 5.56 Å². The van der Waals surface area contributed by atoms with Crippen molar-refractivity contribution < 1.29 is 4.74 Å². The molecule has 0 radical (unpaired) electrons.